The SMILES string of the molecule is C=CC(NC(=C)CNC)C(CC)CCC1CCC(C(=C)NCC)N1C. The minimum atomic E-state index is 0.296. The third-order valence-corrected chi connectivity index (χ3v) is 5.56. The average Bonchev–Trinajstić information content (AvgIpc) is 2.95. The van der Waals surface area contributed by atoms with Gasteiger partial charge in [0.15, 0.2) is 0 Å². The highest BCUT2D eigenvalue weighted by atomic mass is 15.2. The molecule has 0 bridgehead atoms. The van der Waals surface area contributed by atoms with Crippen LogP contribution in [-0.4, -0.2) is 50.2 Å². The van der Waals surface area contributed by atoms with E-state index >= 15 is 0 Å². The zero-order valence-electron chi connectivity index (χ0n) is 16.9. The quantitative estimate of drug-likeness (QED) is 0.447. The number of nitrogens with zero attached hydrogens (tertiary/aromatic N) is 1. The first-order valence-corrected chi connectivity index (χ1v) is 9.84. The van der Waals surface area contributed by atoms with Crippen molar-refractivity contribution in [2.75, 3.05) is 27.2 Å². The second-order valence-electron chi connectivity index (χ2n) is 7.25. The van der Waals surface area contributed by atoms with Crippen LogP contribution in [-0.2, 0) is 0 Å². The van der Waals surface area contributed by atoms with Crippen LogP contribution >= 0.6 is 0 Å². The number of hydrogen-bond acceptors (Lipinski definition) is 4. The Morgan fingerprint density at radius 3 is 2.56 bits per heavy atom. The van der Waals surface area contributed by atoms with E-state index in [9.17, 15) is 0 Å². The monoisotopic (exact) mass is 348 g/mol. The fraction of sp³-hybridized carbons (Fsp3) is 0.714. The van der Waals surface area contributed by atoms with Gasteiger partial charge in [-0.3, -0.25) is 4.90 Å². The molecule has 0 radical (unpaired) electrons. The van der Waals surface area contributed by atoms with Crippen molar-refractivity contribution in [3.63, 3.8) is 0 Å². The lowest BCUT2D eigenvalue weighted by Crippen LogP contribution is -2.39. The topological polar surface area (TPSA) is 39.3 Å². The molecule has 4 nitrogen and oxygen atoms in total. The molecule has 4 atom stereocenters. The van der Waals surface area contributed by atoms with E-state index in [0.29, 0.717) is 24.0 Å². The Kier molecular flexibility index (Phi) is 9.91. The molecule has 1 aliphatic heterocycles. The second-order valence-corrected chi connectivity index (χ2v) is 7.25. The van der Waals surface area contributed by atoms with Gasteiger partial charge in [-0.1, -0.05) is 32.6 Å². The average molecular weight is 349 g/mol. The Morgan fingerprint density at radius 1 is 1.28 bits per heavy atom. The van der Waals surface area contributed by atoms with Gasteiger partial charge in [0.25, 0.3) is 0 Å². The maximum Gasteiger partial charge on any atom is 0.0489 e. The number of nitrogens with one attached hydrogen (secondary N) is 3. The van der Waals surface area contributed by atoms with Crippen molar-refractivity contribution < 1.29 is 0 Å². The predicted molar refractivity (Wildman–Crippen MR) is 111 cm³/mol. The number of likely N-dealkylation sites (N-methyl/N-ethyl adjacent to an activating group) is 3. The molecule has 1 saturated heterocycles. The first kappa shape index (κ1) is 21.8. The summed E-state index contributed by atoms with van der Waals surface area (Å²) in [6.45, 7) is 18.5. The molecule has 0 saturated carbocycles. The molecular weight excluding hydrogens is 308 g/mol. The molecule has 1 heterocycles. The van der Waals surface area contributed by atoms with Crippen molar-refractivity contribution in [2.45, 2.75) is 64.1 Å². The maximum absolute atomic E-state index is 4.22. The minimum Gasteiger partial charge on any atom is -0.388 e. The predicted octanol–water partition coefficient (Wildman–Crippen LogP) is 3.26. The Bertz CT molecular complexity index is 432. The Balaban J connectivity index is 2.54. The van der Waals surface area contributed by atoms with Crippen LogP contribution in [0.2, 0.25) is 0 Å². The van der Waals surface area contributed by atoms with Gasteiger partial charge in [-0.2, -0.15) is 0 Å². The van der Waals surface area contributed by atoms with E-state index < -0.39 is 0 Å². The highest BCUT2D eigenvalue weighted by Gasteiger charge is 2.32. The number of likely N-dealkylation sites (tertiary alicyclic amines) is 1. The van der Waals surface area contributed by atoms with Crippen LogP contribution < -0.4 is 16.0 Å². The van der Waals surface area contributed by atoms with Crippen molar-refractivity contribution in [2.24, 2.45) is 5.92 Å². The molecule has 25 heavy (non-hydrogen) atoms. The molecule has 4 unspecified atom stereocenters. The van der Waals surface area contributed by atoms with E-state index in [1.165, 1.54) is 31.4 Å². The highest BCUT2D eigenvalue weighted by molar-refractivity contribution is 5.08. The zero-order chi connectivity index (χ0) is 18.8. The van der Waals surface area contributed by atoms with Crippen molar-refractivity contribution in [3.8, 4) is 0 Å². The summed E-state index contributed by atoms with van der Waals surface area (Å²) >= 11 is 0. The van der Waals surface area contributed by atoms with E-state index in [1.807, 2.05) is 13.1 Å². The van der Waals surface area contributed by atoms with E-state index in [2.05, 4.69) is 61.5 Å². The minimum absolute atomic E-state index is 0.296. The largest absolute Gasteiger partial charge is 0.388 e. The summed E-state index contributed by atoms with van der Waals surface area (Å²) in [4.78, 5) is 2.52. The Morgan fingerprint density at radius 2 is 2.00 bits per heavy atom. The molecule has 0 aromatic rings. The molecular formula is C21H40N4. The third-order valence-electron chi connectivity index (χ3n) is 5.56. The lowest BCUT2D eigenvalue weighted by atomic mass is 9.89. The maximum atomic E-state index is 4.22. The smallest absolute Gasteiger partial charge is 0.0489 e. The van der Waals surface area contributed by atoms with Crippen molar-refractivity contribution >= 4 is 0 Å². The van der Waals surface area contributed by atoms with Crippen LogP contribution in [0.3, 0.4) is 0 Å². The first-order chi connectivity index (χ1) is 12.0. The molecule has 0 amide bonds. The van der Waals surface area contributed by atoms with Crippen LogP contribution in [0.5, 0.6) is 0 Å². The van der Waals surface area contributed by atoms with Gasteiger partial charge >= 0.3 is 0 Å². The molecule has 1 rings (SSSR count). The van der Waals surface area contributed by atoms with Gasteiger partial charge in [0.1, 0.15) is 0 Å². The van der Waals surface area contributed by atoms with Crippen molar-refractivity contribution in [3.05, 3.63) is 37.2 Å². The summed E-state index contributed by atoms with van der Waals surface area (Å²) in [5, 5.41) is 10.1. The summed E-state index contributed by atoms with van der Waals surface area (Å²) in [5.74, 6) is 0.593. The Labute approximate surface area is 155 Å². The summed E-state index contributed by atoms with van der Waals surface area (Å²) in [7, 11) is 4.20. The van der Waals surface area contributed by atoms with Gasteiger partial charge in [0.2, 0.25) is 0 Å². The summed E-state index contributed by atoms with van der Waals surface area (Å²) < 4.78 is 0. The highest BCUT2D eigenvalue weighted by Crippen LogP contribution is 2.30. The second kappa shape index (κ2) is 11.4. The van der Waals surface area contributed by atoms with Gasteiger partial charge in [0, 0.05) is 42.6 Å². The standard InChI is InChI=1S/C21H40N4/c1-8-18(20(9-2)24-16(4)15-22-6)11-12-19-13-14-21(25(19)7)17(5)23-10-3/h9,18-24H,2,4-5,8,10-15H2,1,3,6-7H3. The Hall–Kier alpha value is -1.26. The van der Waals surface area contributed by atoms with Gasteiger partial charge < -0.3 is 16.0 Å². The third kappa shape index (κ3) is 6.52. The van der Waals surface area contributed by atoms with Crippen molar-refractivity contribution in [1.29, 1.82) is 0 Å². The van der Waals surface area contributed by atoms with E-state index in [0.717, 1.165) is 25.2 Å². The van der Waals surface area contributed by atoms with E-state index in [4.69, 9.17) is 0 Å². The van der Waals surface area contributed by atoms with Gasteiger partial charge in [-0.25, -0.2) is 0 Å². The van der Waals surface area contributed by atoms with Gasteiger partial charge in [-0.05, 0) is 52.6 Å². The van der Waals surface area contributed by atoms with E-state index in [-0.39, 0.29) is 0 Å². The normalized spacial score (nSPS) is 23.0. The van der Waals surface area contributed by atoms with Gasteiger partial charge in [-0.15, -0.1) is 6.58 Å². The van der Waals surface area contributed by atoms with Crippen LogP contribution in [0.15, 0.2) is 37.2 Å². The lowest BCUT2D eigenvalue weighted by Gasteiger charge is -2.30. The summed E-state index contributed by atoms with van der Waals surface area (Å²) in [6, 6.07) is 1.43. The van der Waals surface area contributed by atoms with Crippen LogP contribution in [0.1, 0.15) is 46.0 Å². The van der Waals surface area contributed by atoms with Crippen LogP contribution in [0.25, 0.3) is 0 Å². The fourth-order valence-corrected chi connectivity index (χ4v) is 4.04. The molecule has 144 valence electrons. The lowest BCUT2D eigenvalue weighted by molar-refractivity contribution is 0.229. The zero-order valence-corrected chi connectivity index (χ0v) is 16.9. The molecule has 1 fully saturated rings. The molecule has 3 N–H and O–H groups in total. The molecule has 4 heteroatoms. The molecule has 1 aliphatic rings. The van der Waals surface area contributed by atoms with Crippen molar-refractivity contribution in [1.82, 2.24) is 20.9 Å². The molecule has 0 aromatic carbocycles. The number of hydrogen-bond donors (Lipinski definition) is 3. The number of rotatable bonds is 13. The van der Waals surface area contributed by atoms with Crippen LogP contribution in [0.4, 0.5) is 0 Å². The first-order valence-electron chi connectivity index (χ1n) is 9.84. The van der Waals surface area contributed by atoms with E-state index in [1.54, 1.807) is 0 Å². The summed E-state index contributed by atoms with van der Waals surface area (Å²) in [6.07, 6.45) is 8.12. The van der Waals surface area contributed by atoms with Gasteiger partial charge in [0.05, 0.1) is 0 Å². The fourth-order valence-electron chi connectivity index (χ4n) is 4.04. The van der Waals surface area contributed by atoms with Crippen LogP contribution in [0, 0.1) is 5.92 Å². The molecule has 0 spiro atoms. The molecule has 0 aliphatic carbocycles. The summed E-state index contributed by atoms with van der Waals surface area (Å²) in [5.41, 5.74) is 2.21. The molecule has 0 aromatic heterocycles.